The highest BCUT2D eigenvalue weighted by Crippen LogP contribution is 2.20. The van der Waals surface area contributed by atoms with E-state index in [0.29, 0.717) is 5.56 Å². The summed E-state index contributed by atoms with van der Waals surface area (Å²) < 4.78 is 0. The molecule has 34 heavy (non-hydrogen) atoms. The van der Waals surface area contributed by atoms with Crippen molar-refractivity contribution in [2.45, 2.75) is 27.7 Å². The van der Waals surface area contributed by atoms with Gasteiger partial charge in [-0.2, -0.15) is 5.26 Å². The van der Waals surface area contributed by atoms with Crippen LogP contribution in [-0.2, 0) is 0 Å². The second kappa shape index (κ2) is 12.5. The molecule has 3 heteroatoms. The zero-order valence-electron chi connectivity index (χ0n) is 20.8. The van der Waals surface area contributed by atoms with Crippen LogP contribution in [0.4, 0.5) is 11.4 Å². The summed E-state index contributed by atoms with van der Waals surface area (Å²) in [4.78, 5) is 4.66. The highest BCUT2D eigenvalue weighted by molar-refractivity contribution is 5.76. The second-order valence-corrected chi connectivity index (χ2v) is 8.15. The van der Waals surface area contributed by atoms with E-state index in [4.69, 9.17) is 0 Å². The lowest BCUT2D eigenvalue weighted by Crippen LogP contribution is -2.21. The van der Waals surface area contributed by atoms with Crippen LogP contribution in [-0.4, -0.2) is 26.2 Å². The van der Waals surface area contributed by atoms with Crippen molar-refractivity contribution in [3.63, 3.8) is 0 Å². The summed E-state index contributed by atoms with van der Waals surface area (Å²) in [5.41, 5.74) is 7.37. The molecule has 0 bridgehead atoms. The lowest BCUT2D eigenvalue weighted by molar-refractivity contribution is 0.866. The predicted octanol–water partition coefficient (Wildman–Crippen LogP) is 7.59. The van der Waals surface area contributed by atoms with Gasteiger partial charge in [-0.15, -0.1) is 0 Å². The van der Waals surface area contributed by atoms with E-state index < -0.39 is 0 Å². The number of hydrogen-bond donors (Lipinski definition) is 0. The Balaban J connectivity index is 1.71. The standard InChI is InChI=1S/C31H35N3/c1-5-33(6-2)30-19-13-25(14-20-30)9-10-27-12-18-28(29(23-27)24-32)17-11-26-15-21-31(22-16-26)34(7-3)8-4/h9-23H,5-8H2,1-4H3/b10-9+,17-11+. The van der Waals surface area contributed by atoms with Gasteiger partial charge in [-0.25, -0.2) is 0 Å². The summed E-state index contributed by atoms with van der Waals surface area (Å²) in [6.07, 6.45) is 8.24. The molecule has 0 fully saturated rings. The van der Waals surface area contributed by atoms with E-state index >= 15 is 0 Å². The number of anilines is 2. The van der Waals surface area contributed by atoms with E-state index in [2.05, 4.69) is 116 Å². The van der Waals surface area contributed by atoms with Gasteiger partial charge < -0.3 is 9.80 Å². The molecule has 3 aromatic carbocycles. The number of nitrogens with zero attached hydrogens (tertiary/aromatic N) is 3. The fraction of sp³-hybridized carbons (Fsp3) is 0.258. The minimum Gasteiger partial charge on any atom is -0.372 e. The van der Waals surface area contributed by atoms with Gasteiger partial charge in [-0.05, 0) is 80.3 Å². The first-order valence-corrected chi connectivity index (χ1v) is 12.2. The van der Waals surface area contributed by atoms with E-state index in [1.165, 1.54) is 11.4 Å². The van der Waals surface area contributed by atoms with Crippen LogP contribution < -0.4 is 9.80 Å². The Morgan fingerprint density at radius 1 is 0.588 bits per heavy atom. The van der Waals surface area contributed by atoms with E-state index in [9.17, 15) is 5.26 Å². The first kappa shape index (κ1) is 24.9. The predicted molar refractivity (Wildman–Crippen MR) is 149 cm³/mol. The smallest absolute Gasteiger partial charge is 0.0998 e. The van der Waals surface area contributed by atoms with Crippen LogP contribution >= 0.6 is 0 Å². The minimum absolute atomic E-state index is 0.676. The average molecular weight is 450 g/mol. The molecule has 0 amide bonds. The van der Waals surface area contributed by atoms with Gasteiger partial charge in [0.2, 0.25) is 0 Å². The lowest BCUT2D eigenvalue weighted by atomic mass is 10.0. The third-order valence-corrected chi connectivity index (χ3v) is 6.16. The van der Waals surface area contributed by atoms with Crippen molar-refractivity contribution < 1.29 is 0 Å². The molecule has 0 spiro atoms. The van der Waals surface area contributed by atoms with E-state index in [0.717, 1.165) is 48.4 Å². The SMILES string of the molecule is CCN(CC)c1ccc(/C=C/c2ccc(/C=C/c3ccc(N(CC)CC)cc3)c(C#N)c2)cc1. The third kappa shape index (κ3) is 6.39. The molecule has 0 saturated carbocycles. The summed E-state index contributed by atoms with van der Waals surface area (Å²) in [6, 6.07) is 25.5. The summed E-state index contributed by atoms with van der Waals surface area (Å²) in [5.74, 6) is 0. The number of rotatable bonds is 10. The summed E-state index contributed by atoms with van der Waals surface area (Å²) in [7, 11) is 0. The summed E-state index contributed by atoms with van der Waals surface area (Å²) >= 11 is 0. The van der Waals surface area contributed by atoms with Gasteiger partial charge in [0.05, 0.1) is 11.6 Å². The maximum absolute atomic E-state index is 9.69. The average Bonchev–Trinajstić information content (AvgIpc) is 2.89. The molecule has 0 aliphatic rings. The van der Waals surface area contributed by atoms with Crippen molar-refractivity contribution in [1.29, 1.82) is 5.26 Å². The largest absolute Gasteiger partial charge is 0.372 e. The van der Waals surface area contributed by atoms with Gasteiger partial charge in [0.25, 0.3) is 0 Å². The molecular weight excluding hydrogens is 414 g/mol. The van der Waals surface area contributed by atoms with Gasteiger partial charge >= 0.3 is 0 Å². The second-order valence-electron chi connectivity index (χ2n) is 8.15. The Morgan fingerprint density at radius 3 is 1.44 bits per heavy atom. The van der Waals surface area contributed by atoms with Gasteiger partial charge in [-0.3, -0.25) is 0 Å². The quantitative estimate of drug-likeness (QED) is 0.299. The maximum atomic E-state index is 9.69. The minimum atomic E-state index is 0.676. The number of hydrogen-bond acceptors (Lipinski definition) is 3. The Labute approximate surface area is 205 Å². The van der Waals surface area contributed by atoms with Crippen molar-refractivity contribution in [3.05, 3.63) is 94.5 Å². The number of nitriles is 1. The van der Waals surface area contributed by atoms with Crippen LogP contribution in [0.2, 0.25) is 0 Å². The molecule has 3 nitrogen and oxygen atoms in total. The first-order valence-electron chi connectivity index (χ1n) is 12.2. The molecule has 0 aromatic heterocycles. The third-order valence-electron chi connectivity index (χ3n) is 6.16. The van der Waals surface area contributed by atoms with Gasteiger partial charge in [0, 0.05) is 37.6 Å². The van der Waals surface area contributed by atoms with E-state index in [-0.39, 0.29) is 0 Å². The van der Waals surface area contributed by atoms with Crippen LogP contribution in [0.15, 0.2) is 66.7 Å². The molecule has 0 radical (unpaired) electrons. The maximum Gasteiger partial charge on any atom is 0.0998 e. The molecule has 0 aliphatic carbocycles. The van der Waals surface area contributed by atoms with Crippen LogP contribution in [0.3, 0.4) is 0 Å². The molecule has 0 heterocycles. The molecule has 0 aliphatic heterocycles. The Kier molecular flexibility index (Phi) is 9.12. The Morgan fingerprint density at radius 2 is 1.00 bits per heavy atom. The molecule has 3 aromatic rings. The Hall–Kier alpha value is -3.77. The highest BCUT2D eigenvalue weighted by atomic mass is 15.1. The van der Waals surface area contributed by atoms with Gasteiger partial charge in [-0.1, -0.05) is 60.7 Å². The van der Waals surface area contributed by atoms with E-state index in [1.807, 2.05) is 18.2 Å². The number of benzene rings is 3. The topological polar surface area (TPSA) is 30.3 Å². The summed E-state index contributed by atoms with van der Waals surface area (Å²) in [5, 5.41) is 9.69. The molecule has 0 saturated heterocycles. The van der Waals surface area contributed by atoms with Gasteiger partial charge in [0.1, 0.15) is 0 Å². The highest BCUT2D eigenvalue weighted by Gasteiger charge is 2.03. The Bertz CT molecular complexity index is 1140. The fourth-order valence-electron chi connectivity index (χ4n) is 4.07. The van der Waals surface area contributed by atoms with E-state index in [1.54, 1.807) is 0 Å². The first-order chi connectivity index (χ1) is 16.6. The zero-order valence-corrected chi connectivity index (χ0v) is 20.8. The van der Waals surface area contributed by atoms with Crippen molar-refractivity contribution in [2.75, 3.05) is 36.0 Å². The van der Waals surface area contributed by atoms with Crippen molar-refractivity contribution >= 4 is 35.7 Å². The molecule has 174 valence electrons. The van der Waals surface area contributed by atoms with Crippen molar-refractivity contribution in [1.82, 2.24) is 0 Å². The van der Waals surface area contributed by atoms with Crippen LogP contribution in [0, 0.1) is 11.3 Å². The van der Waals surface area contributed by atoms with Crippen molar-refractivity contribution in [2.24, 2.45) is 0 Å². The van der Waals surface area contributed by atoms with Crippen LogP contribution in [0.1, 0.15) is 55.5 Å². The van der Waals surface area contributed by atoms with Crippen molar-refractivity contribution in [3.8, 4) is 6.07 Å². The summed E-state index contributed by atoms with van der Waals surface area (Å²) in [6.45, 7) is 12.7. The zero-order chi connectivity index (χ0) is 24.3. The normalized spacial score (nSPS) is 11.1. The molecule has 3 rings (SSSR count). The molecule has 0 unspecified atom stereocenters. The monoisotopic (exact) mass is 449 g/mol. The molecular formula is C31H35N3. The van der Waals surface area contributed by atoms with Crippen LogP contribution in [0.25, 0.3) is 24.3 Å². The molecule has 0 atom stereocenters. The van der Waals surface area contributed by atoms with Crippen LogP contribution in [0.5, 0.6) is 0 Å². The lowest BCUT2D eigenvalue weighted by Gasteiger charge is -2.20. The van der Waals surface area contributed by atoms with Gasteiger partial charge in [0.15, 0.2) is 0 Å². The molecule has 0 N–H and O–H groups in total. The fourth-order valence-corrected chi connectivity index (χ4v) is 4.07.